The maximum atomic E-state index is 8.99. The van der Waals surface area contributed by atoms with Gasteiger partial charge in [0.25, 0.3) is 0 Å². The molecule has 1 heterocycles. The van der Waals surface area contributed by atoms with Crippen LogP contribution in [-0.2, 0) is 0 Å². The lowest BCUT2D eigenvalue weighted by atomic mass is 10.0. The van der Waals surface area contributed by atoms with Crippen molar-refractivity contribution in [3.63, 3.8) is 0 Å². The lowest BCUT2D eigenvalue weighted by Gasteiger charge is -2.20. The standard InChI is InChI=1S/C8H18N4O/c9-8(11-10)12-4-1-2-7(6-13)3-5-12/h7,13H,1-6,10H2,(H2,9,11). The molecule has 76 valence electrons. The molecule has 0 aromatic rings. The van der Waals surface area contributed by atoms with E-state index in [1.807, 2.05) is 4.90 Å². The minimum Gasteiger partial charge on any atom is -0.396 e. The summed E-state index contributed by atoms with van der Waals surface area (Å²) >= 11 is 0. The molecule has 0 amide bonds. The van der Waals surface area contributed by atoms with Gasteiger partial charge in [0.05, 0.1) is 0 Å². The molecule has 1 fully saturated rings. The number of hydrogen-bond acceptors (Lipinski definition) is 3. The molecule has 0 radical (unpaired) electrons. The zero-order valence-electron chi connectivity index (χ0n) is 7.82. The Morgan fingerprint density at radius 1 is 1.46 bits per heavy atom. The first-order valence-corrected chi connectivity index (χ1v) is 4.67. The van der Waals surface area contributed by atoms with E-state index in [9.17, 15) is 0 Å². The van der Waals surface area contributed by atoms with E-state index in [1.165, 1.54) is 0 Å². The smallest absolute Gasteiger partial charge is 0.213 e. The van der Waals surface area contributed by atoms with Crippen molar-refractivity contribution in [1.29, 1.82) is 0 Å². The molecule has 0 aromatic heterocycles. The van der Waals surface area contributed by atoms with Crippen LogP contribution >= 0.6 is 0 Å². The van der Waals surface area contributed by atoms with Crippen LogP contribution in [-0.4, -0.2) is 35.7 Å². The van der Waals surface area contributed by atoms with Gasteiger partial charge in [-0.25, -0.2) is 0 Å². The second-order valence-corrected chi connectivity index (χ2v) is 3.45. The summed E-state index contributed by atoms with van der Waals surface area (Å²) in [5.74, 6) is 5.91. The molecular formula is C8H18N4O. The van der Waals surface area contributed by atoms with Gasteiger partial charge in [0, 0.05) is 19.7 Å². The summed E-state index contributed by atoms with van der Waals surface area (Å²) in [6, 6.07) is 0. The predicted octanol–water partition coefficient (Wildman–Crippen LogP) is -0.731. The highest BCUT2D eigenvalue weighted by Gasteiger charge is 2.17. The fraction of sp³-hybridized carbons (Fsp3) is 0.875. The Morgan fingerprint density at radius 2 is 2.23 bits per heavy atom. The zero-order chi connectivity index (χ0) is 9.68. The summed E-state index contributed by atoms with van der Waals surface area (Å²) in [7, 11) is 0. The van der Waals surface area contributed by atoms with Crippen LogP contribution in [0.1, 0.15) is 19.3 Å². The molecule has 5 nitrogen and oxygen atoms in total. The van der Waals surface area contributed by atoms with Gasteiger partial charge in [-0.1, -0.05) is 0 Å². The topological polar surface area (TPSA) is 87.9 Å². The van der Waals surface area contributed by atoms with E-state index < -0.39 is 0 Å². The summed E-state index contributed by atoms with van der Waals surface area (Å²) < 4.78 is 0. The molecule has 1 saturated heterocycles. The average Bonchev–Trinajstić information content (AvgIpc) is 2.41. The van der Waals surface area contributed by atoms with Gasteiger partial charge < -0.3 is 21.6 Å². The van der Waals surface area contributed by atoms with Crippen molar-refractivity contribution in [1.82, 2.24) is 4.90 Å². The van der Waals surface area contributed by atoms with E-state index in [0.29, 0.717) is 11.9 Å². The van der Waals surface area contributed by atoms with Gasteiger partial charge >= 0.3 is 0 Å². The van der Waals surface area contributed by atoms with Crippen LogP contribution in [0.4, 0.5) is 0 Å². The van der Waals surface area contributed by atoms with E-state index >= 15 is 0 Å². The first-order valence-electron chi connectivity index (χ1n) is 4.67. The quantitative estimate of drug-likeness (QED) is 0.218. The van der Waals surface area contributed by atoms with Crippen LogP contribution in [0, 0.1) is 5.92 Å². The molecule has 1 unspecified atom stereocenters. The molecule has 1 rings (SSSR count). The molecule has 0 spiro atoms. The predicted molar refractivity (Wildman–Crippen MR) is 51.8 cm³/mol. The third-order valence-electron chi connectivity index (χ3n) is 2.56. The minimum absolute atomic E-state index is 0.271. The monoisotopic (exact) mass is 186 g/mol. The maximum Gasteiger partial charge on any atom is 0.213 e. The second-order valence-electron chi connectivity index (χ2n) is 3.45. The maximum absolute atomic E-state index is 8.99. The molecule has 1 aliphatic rings. The van der Waals surface area contributed by atoms with Gasteiger partial charge in [0.2, 0.25) is 5.96 Å². The van der Waals surface area contributed by atoms with Gasteiger partial charge in [-0.2, -0.15) is 0 Å². The number of nitrogens with two attached hydrogens (primary N) is 2. The molecule has 13 heavy (non-hydrogen) atoms. The molecule has 5 N–H and O–H groups in total. The van der Waals surface area contributed by atoms with Crippen molar-refractivity contribution in [2.75, 3.05) is 19.7 Å². The van der Waals surface area contributed by atoms with E-state index in [2.05, 4.69) is 5.10 Å². The fourth-order valence-electron chi connectivity index (χ4n) is 1.66. The number of guanidine groups is 1. The Hall–Kier alpha value is -0.970. The largest absolute Gasteiger partial charge is 0.396 e. The number of rotatable bonds is 1. The Morgan fingerprint density at radius 3 is 2.85 bits per heavy atom. The van der Waals surface area contributed by atoms with Gasteiger partial charge in [0.1, 0.15) is 0 Å². The van der Waals surface area contributed by atoms with Crippen LogP contribution in [0.5, 0.6) is 0 Å². The minimum atomic E-state index is 0.271. The highest BCUT2D eigenvalue weighted by molar-refractivity contribution is 5.77. The number of likely N-dealkylation sites (tertiary alicyclic amines) is 1. The lowest BCUT2D eigenvalue weighted by molar-refractivity contribution is 0.213. The summed E-state index contributed by atoms with van der Waals surface area (Å²) in [6.45, 7) is 2.01. The number of nitrogens with zero attached hydrogens (tertiary/aromatic N) is 2. The molecular weight excluding hydrogens is 168 g/mol. The Balaban J connectivity index is 2.44. The third kappa shape index (κ3) is 2.77. The Bertz CT molecular complexity index is 183. The Labute approximate surface area is 78.4 Å². The molecule has 1 aliphatic heterocycles. The molecule has 0 aromatic carbocycles. The van der Waals surface area contributed by atoms with E-state index in [0.717, 1.165) is 32.4 Å². The molecule has 0 aliphatic carbocycles. The molecule has 5 heteroatoms. The highest BCUT2D eigenvalue weighted by Crippen LogP contribution is 2.16. The van der Waals surface area contributed by atoms with Crippen LogP contribution in [0.2, 0.25) is 0 Å². The summed E-state index contributed by atoms with van der Waals surface area (Å²) in [6.07, 6.45) is 3.07. The third-order valence-corrected chi connectivity index (χ3v) is 2.56. The molecule has 0 saturated carbocycles. The summed E-state index contributed by atoms with van der Waals surface area (Å²) in [4.78, 5) is 1.97. The second kappa shape index (κ2) is 4.91. The molecule has 1 atom stereocenters. The van der Waals surface area contributed by atoms with Crippen LogP contribution in [0.15, 0.2) is 5.10 Å². The highest BCUT2D eigenvalue weighted by atomic mass is 16.3. The SMILES string of the molecule is N/N=C(\N)N1CCCC(CO)CC1. The van der Waals surface area contributed by atoms with Gasteiger partial charge in [-0.3, -0.25) is 0 Å². The van der Waals surface area contributed by atoms with E-state index in [-0.39, 0.29) is 6.61 Å². The van der Waals surface area contributed by atoms with Crippen molar-refractivity contribution in [3.8, 4) is 0 Å². The van der Waals surface area contributed by atoms with Crippen molar-refractivity contribution in [3.05, 3.63) is 0 Å². The fourth-order valence-corrected chi connectivity index (χ4v) is 1.66. The average molecular weight is 186 g/mol. The summed E-state index contributed by atoms with van der Waals surface area (Å²) in [5, 5.41) is 12.5. The lowest BCUT2D eigenvalue weighted by Crippen LogP contribution is -2.38. The number of hydrazone groups is 1. The van der Waals surface area contributed by atoms with Crippen molar-refractivity contribution < 1.29 is 5.11 Å². The molecule has 0 bridgehead atoms. The zero-order valence-corrected chi connectivity index (χ0v) is 7.82. The van der Waals surface area contributed by atoms with Crippen molar-refractivity contribution in [2.45, 2.75) is 19.3 Å². The van der Waals surface area contributed by atoms with Crippen molar-refractivity contribution in [2.24, 2.45) is 22.6 Å². The van der Waals surface area contributed by atoms with E-state index in [1.54, 1.807) is 0 Å². The van der Waals surface area contributed by atoms with Gasteiger partial charge in [0.15, 0.2) is 0 Å². The van der Waals surface area contributed by atoms with Crippen LogP contribution < -0.4 is 11.6 Å². The normalized spacial score (nSPS) is 25.8. The van der Waals surface area contributed by atoms with Gasteiger partial charge in [-0.05, 0) is 25.2 Å². The first kappa shape index (κ1) is 10.1. The first-order chi connectivity index (χ1) is 6.27. The summed E-state index contributed by atoms with van der Waals surface area (Å²) in [5.41, 5.74) is 5.59. The number of hydrogen-bond donors (Lipinski definition) is 3. The van der Waals surface area contributed by atoms with Crippen LogP contribution in [0.25, 0.3) is 0 Å². The number of aliphatic hydroxyl groups excluding tert-OH is 1. The van der Waals surface area contributed by atoms with E-state index in [4.69, 9.17) is 16.7 Å². The number of aliphatic hydroxyl groups is 1. The van der Waals surface area contributed by atoms with Gasteiger partial charge in [-0.15, -0.1) is 5.10 Å². The van der Waals surface area contributed by atoms with Crippen molar-refractivity contribution >= 4 is 5.96 Å². The Kier molecular flexibility index (Phi) is 3.82. The van der Waals surface area contributed by atoms with Crippen LogP contribution in [0.3, 0.4) is 0 Å².